The summed E-state index contributed by atoms with van der Waals surface area (Å²) in [6, 6.07) is 0. The Balaban J connectivity index is 2.26. The Morgan fingerprint density at radius 1 is 0.417 bits per heavy atom. The van der Waals surface area contributed by atoms with Crippen molar-refractivity contribution in [2.45, 2.75) is 77.0 Å². The van der Waals surface area contributed by atoms with Crippen LogP contribution in [-0.2, 0) is 28.6 Å². The molecule has 0 aliphatic carbocycles. The van der Waals surface area contributed by atoms with Crippen LogP contribution in [0.15, 0.2) is 0 Å². The lowest BCUT2D eigenvalue weighted by Gasteiger charge is -2.05. The van der Waals surface area contributed by atoms with Gasteiger partial charge in [0.1, 0.15) is 0 Å². The molecule has 0 bridgehead atoms. The molecule has 1 aliphatic heterocycles. The highest BCUT2D eigenvalue weighted by atomic mass is 16.5. The van der Waals surface area contributed by atoms with Crippen LogP contribution in [0.2, 0.25) is 0 Å². The fourth-order valence-corrected chi connectivity index (χ4v) is 2.42. The summed E-state index contributed by atoms with van der Waals surface area (Å²) in [7, 11) is 0. The molecule has 1 rings (SSSR count). The number of carbonyl (C=O) groups excluding carboxylic acids is 3. The topological polar surface area (TPSA) is 78.9 Å². The number of carbonyl (C=O) groups is 3. The van der Waals surface area contributed by atoms with E-state index in [4.69, 9.17) is 14.2 Å². The maximum atomic E-state index is 11.5. The Bertz CT molecular complexity index is 293. The number of hydrogen-bond acceptors (Lipinski definition) is 6. The lowest BCUT2D eigenvalue weighted by molar-refractivity contribution is -0.145. The van der Waals surface area contributed by atoms with Gasteiger partial charge in [0.2, 0.25) is 0 Å². The first-order valence-corrected chi connectivity index (χ1v) is 9.15. The molecule has 0 radical (unpaired) electrons. The summed E-state index contributed by atoms with van der Waals surface area (Å²) in [6.07, 6.45) is 8.33. The van der Waals surface area contributed by atoms with E-state index >= 15 is 0 Å². The van der Waals surface area contributed by atoms with Crippen LogP contribution in [0.4, 0.5) is 0 Å². The van der Waals surface area contributed by atoms with E-state index in [1.54, 1.807) is 0 Å². The molecular weight excluding hydrogens is 312 g/mol. The first-order chi connectivity index (χ1) is 11.7. The van der Waals surface area contributed by atoms with E-state index in [0.717, 1.165) is 57.8 Å². The molecule has 0 atom stereocenters. The van der Waals surface area contributed by atoms with Gasteiger partial charge in [0, 0.05) is 19.3 Å². The highest BCUT2D eigenvalue weighted by Gasteiger charge is 2.07. The van der Waals surface area contributed by atoms with E-state index in [0.29, 0.717) is 39.1 Å². The predicted octanol–water partition coefficient (Wildman–Crippen LogP) is 3.31. The average Bonchev–Trinajstić information content (AvgIpc) is 2.56. The van der Waals surface area contributed by atoms with E-state index in [2.05, 4.69) is 0 Å². The highest BCUT2D eigenvalue weighted by Crippen LogP contribution is 2.07. The molecule has 0 unspecified atom stereocenters. The quantitative estimate of drug-likeness (QED) is 0.496. The van der Waals surface area contributed by atoms with Crippen molar-refractivity contribution in [1.29, 1.82) is 0 Å². The van der Waals surface area contributed by atoms with Crippen LogP contribution in [-0.4, -0.2) is 37.7 Å². The van der Waals surface area contributed by atoms with Gasteiger partial charge in [0.15, 0.2) is 0 Å². The third-order valence-electron chi connectivity index (χ3n) is 3.86. The van der Waals surface area contributed by atoms with E-state index < -0.39 is 0 Å². The average molecular weight is 342 g/mol. The van der Waals surface area contributed by atoms with Crippen molar-refractivity contribution in [1.82, 2.24) is 0 Å². The second-order valence-corrected chi connectivity index (χ2v) is 6.09. The van der Waals surface area contributed by atoms with E-state index in [1.807, 2.05) is 0 Å². The Morgan fingerprint density at radius 2 is 0.708 bits per heavy atom. The molecule has 6 heteroatoms. The summed E-state index contributed by atoms with van der Waals surface area (Å²) in [6.45, 7) is 1.22. The summed E-state index contributed by atoms with van der Waals surface area (Å²) >= 11 is 0. The predicted molar refractivity (Wildman–Crippen MR) is 88.3 cm³/mol. The zero-order chi connectivity index (χ0) is 17.5. The summed E-state index contributed by atoms with van der Waals surface area (Å²) in [5.41, 5.74) is 0. The zero-order valence-electron chi connectivity index (χ0n) is 14.6. The van der Waals surface area contributed by atoms with Gasteiger partial charge in [-0.3, -0.25) is 14.4 Å². The number of esters is 3. The van der Waals surface area contributed by atoms with Crippen LogP contribution in [0.5, 0.6) is 0 Å². The Labute approximate surface area is 144 Å². The van der Waals surface area contributed by atoms with Gasteiger partial charge in [-0.2, -0.15) is 0 Å². The third-order valence-corrected chi connectivity index (χ3v) is 3.86. The molecule has 24 heavy (non-hydrogen) atoms. The Hall–Kier alpha value is -1.59. The summed E-state index contributed by atoms with van der Waals surface area (Å²) in [5, 5.41) is 0. The zero-order valence-corrected chi connectivity index (χ0v) is 14.6. The van der Waals surface area contributed by atoms with Crippen molar-refractivity contribution >= 4 is 17.9 Å². The van der Waals surface area contributed by atoms with Gasteiger partial charge in [-0.15, -0.1) is 0 Å². The van der Waals surface area contributed by atoms with E-state index in [1.165, 1.54) is 0 Å². The second-order valence-electron chi connectivity index (χ2n) is 6.09. The lowest BCUT2D eigenvalue weighted by Crippen LogP contribution is -2.07. The first-order valence-electron chi connectivity index (χ1n) is 9.15. The van der Waals surface area contributed by atoms with Gasteiger partial charge in [-0.05, 0) is 57.8 Å². The third kappa shape index (κ3) is 11.9. The molecule has 0 aromatic rings. The molecule has 1 saturated heterocycles. The maximum Gasteiger partial charge on any atom is 0.305 e. The van der Waals surface area contributed by atoms with E-state index in [-0.39, 0.29) is 17.9 Å². The van der Waals surface area contributed by atoms with Crippen molar-refractivity contribution < 1.29 is 28.6 Å². The van der Waals surface area contributed by atoms with Gasteiger partial charge in [-0.1, -0.05) is 0 Å². The second kappa shape index (κ2) is 13.8. The van der Waals surface area contributed by atoms with Crippen LogP contribution in [0.1, 0.15) is 77.0 Å². The molecule has 6 nitrogen and oxygen atoms in total. The van der Waals surface area contributed by atoms with Crippen molar-refractivity contribution in [3.8, 4) is 0 Å². The molecule has 0 spiro atoms. The standard InChI is InChI=1S/C18H30O6/c19-16-10-4-1-7-13-22-17(20)11-5-2-9-15-24-18(21)12-6-3-8-14-23-16/h1-15H2. The minimum Gasteiger partial charge on any atom is -0.466 e. The molecule has 1 aliphatic rings. The van der Waals surface area contributed by atoms with Crippen molar-refractivity contribution in [2.75, 3.05) is 19.8 Å². The Morgan fingerprint density at radius 3 is 1.00 bits per heavy atom. The van der Waals surface area contributed by atoms with Crippen LogP contribution in [0.3, 0.4) is 0 Å². The fraction of sp³-hybridized carbons (Fsp3) is 0.833. The van der Waals surface area contributed by atoms with Crippen LogP contribution in [0, 0.1) is 0 Å². The van der Waals surface area contributed by atoms with Crippen LogP contribution >= 0.6 is 0 Å². The minimum absolute atomic E-state index is 0.183. The van der Waals surface area contributed by atoms with Crippen LogP contribution < -0.4 is 0 Å². The van der Waals surface area contributed by atoms with Crippen molar-refractivity contribution in [3.63, 3.8) is 0 Å². The van der Waals surface area contributed by atoms with Crippen molar-refractivity contribution in [3.05, 3.63) is 0 Å². The first kappa shape index (κ1) is 20.5. The number of hydrogen-bond donors (Lipinski definition) is 0. The van der Waals surface area contributed by atoms with Gasteiger partial charge >= 0.3 is 17.9 Å². The molecule has 0 aromatic heterocycles. The molecule has 1 fully saturated rings. The Kier molecular flexibility index (Phi) is 11.8. The van der Waals surface area contributed by atoms with E-state index in [9.17, 15) is 14.4 Å². The molecule has 0 saturated carbocycles. The number of rotatable bonds is 0. The van der Waals surface area contributed by atoms with Gasteiger partial charge < -0.3 is 14.2 Å². The largest absolute Gasteiger partial charge is 0.466 e. The van der Waals surface area contributed by atoms with Gasteiger partial charge in [0.25, 0.3) is 0 Å². The minimum atomic E-state index is -0.183. The molecule has 1 heterocycles. The summed E-state index contributed by atoms with van der Waals surface area (Å²) in [5.74, 6) is -0.549. The summed E-state index contributed by atoms with van der Waals surface area (Å²) in [4.78, 5) is 34.6. The molecule has 0 aromatic carbocycles. The number of ether oxygens (including phenoxy) is 3. The molecule has 0 amide bonds. The molecule has 138 valence electrons. The summed E-state index contributed by atoms with van der Waals surface area (Å²) < 4.78 is 15.4. The lowest BCUT2D eigenvalue weighted by atomic mass is 10.2. The normalized spacial score (nSPS) is 21.8. The molecule has 0 N–H and O–H groups in total. The monoisotopic (exact) mass is 342 g/mol. The number of cyclic esters (lactones) is 3. The fourth-order valence-electron chi connectivity index (χ4n) is 2.42. The highest BCUT2D eigenvalue weighted by molar-refractivity contribution is 5.70. The smallest absolute Gasteiger partial charge is 0.305 e. The van der Waals surface area contributed by atoms with Crippen LogP contribution in [0.25, 0.3) is 0 Å². The van der Waals surface area contributed by atoms with Gasteiger partial charge in [-0.25, -0.2) is 0 Å². The molecular formula is C18H30O6. The maximum absolute atomic E-state index is 11.5. The van der Waals surface area contributed by atoms with Gasteiger partial charge in [0.05, 0.1) is 19.8 Å². The van der Waals surface area contributed by atoms with Crippen molar-refractivity contribution in [2.24, 2.45) is 0 Å². The SMILES string of the molecule is O=C1CCCCCOC(=O)CCCCCOC(=O)CCCCCO1.